The molecule has 0 heterocycles. The van der Waals surface area contributed by atoms with Gasteiger partial charge in [-0.1, -0.05) is 28.1 Å². The number of halogens is 1. The Bertz CT molecular complexity index is 324. The fourth-order valence-corrected chi connectivity index (χ4v) is 1.25. The molecule has 0 bridgehead atoms. The molecule has 0 radical (unpaired) electrons. The van der Waals surface area contributed by atoms with Crippen molar-refractivity contribution in [2.24, 2.45) is 0 Å². The highest BCUT2D eigenvalue weighted by atomic mass is 79.9. The van der Waals surface area contributed by atoms with Gasteiger partial charge in [0.2, 0.25) is 5.71 Å². The first-order valence-corrected chi connectivity index (χ1v) is 4.63. The SMILES string of the molecule is [O-][N+]([O-])=C1C=CC=CC1=C(O)CBr. The molecule has 1 rings (SSSR count). The minimum absolute atomic E-state index is 0.0349. The van der Waals surface area contributed by atoms with Gasteiger partial charge < -0.3 is 15.5 Å². The zero-order valence-electron chi connectivity index (χ0n) is 6.61. The second-order valence-electron chi connectivity index (χ2n) is 2.35. The number of allylic oxidation sites excluding steroid dienone is 6. The summed E-state index contributed by atoms with van der Waals surface area (Å²) in [7, 11) is 0. The van der Waals surface area contributed by atoms with Crippen LogP contribution in [0.15, 0.2) is 35.6 Å². The minimum atomic E-state index is -0.520. The van der Waals surface area contributed by atoms with Gasteiger partial charge in [-0.05, 0) is 6.08 Å². The molecule has 0 aliphatic heterocycles. The van der Waals surface area contributed by atoms with Gasteiger partial charge in [0.25, 0.3) is 0 Å². The number of hydrogen-bond acceptors (Lipinski definition) is 3. The topological polar surface area (TPSA) is 69.4 Å². The molecule has 1 aliphatic rings. The summed E-state index contributed by atoms with van der Waals surface area (Å²) in [6.07, 6.45) is 6.06. The van der Waals surface area contributed by atoms with Crippen LogP contribution in [0.25, 0.3) is 0 Å². The number of aliphatic hydroxyl groups excluding tert-OH is 1. The van der Waals surface area contributed by atoms with Crippen molar-refractivity contribution in [2.75, 3.05) is 5.33 Å². The van der Waals surface area contributed by atoms with Crippen molar-refractivity contribution >= 4 is 21.6 Å². The molecule has 0 aromatic rings. The molecular weight excluding hydrogens is 238 g/mol. The molecule has 0 atom stereocenters. The lowest BCUT2D eigenvalue weighted by atomic mass is 10.0. The molecule has 0 spiro atoms. The molecule has 0 unspecified atom stereocenters. The van der Waals surface area contributed by atoms with E-state index in [-0.39, 0.29) is 22.4 Å². The minimum Gasteiger partial charge on any atom is -0.612 e. The van der Waals surface area contributed by atoms with Crippen LogP contribution in [0.4, 0.5) is 0 Å². The smallest absolute Gasteiger partial charge is 0.233 e. The Hall–Kier alpha value is -1.23. The third-order valence-electron chi connectivity index (χ3n) is 1.54. The lowest BCUT2D eigenvalue weighted by molar-refractivity contribution is -0.377. The molecule has 0 amide bonds. The van der Waals surface area contributed by atoms with Crippen molar-refractivity contribution in [2.45, 2.75) is 0 Å². The predicted octanol–water partition coefficient (Wildman–Crippen LogP) is 1.77. The first kappa shape index (κ1) is 9.85. The third-order valence-corrected chi connectivity index (χ3v) is 2.07. The molecule has 13 heavy (non-hydrogen) atoms. The summed E-state index contributed by atoms with van der Waals surface area (Å²) in [5.41, 5.74) is 0.170. The van der Waals surface area contributed by atoms with E-state index >= 15 is 0 Å². The Morgan fingerprint density at radius 3 is 2.54 bits per heavy atom. The zero-order valence-corrected chi connectivity index (χ0v) is 8.19. The molecule has 5 heteroatoms. The summed E-state index contributed by atoms with van der Waals surface area (Å²) >= 11 is 3.03. The first-order chi connectivity index (χ1) is 6.16. The van der Waals surface area contributed by atoms with Crippen molar-refractivity contribution in [3.8, 4) is 0 Å². The maximum atomic E-state index is 10.5. The molecule has 4 nitrogen and oxygen atoms in total. The highest BCUT2D eigenvalue weighted by Gasteiger charge is 2.14. The van der Waals surface area contributed by atoms with Crippen molar-refractivity contribution in [3.05, 3.63) is 46.1 Å². The van der Waals surface area contributed by atoms with Crippen LogP contribution in [0.5, 0.6) is 0 Å². The lowest BCUT2D eigenvalue weighted by Gasteiger charge is -2.11. The number of aliphatic hydroxyl groups is 1. The molecule has 0 saturated heterocycles. The second kappa shape index (κ2) is 4.13. The number of alkyl halides is 1. The average molecular weight is 245 g/mol. The number of hydrogen-bond donors (Lipinski definition) is 1. The van der Waals surface area contributed by atoms with E-state index in [1.807, 2.05) is 0 Å². The first-order valence-electron chi connectivity index (χ1n) is 3.51. The van der Waals surface area contributed by atoms with Gasteiger partial charge in [-0.15, -0.1) is 0 Å². The Morgan fingerprint density at radius 1 is 1.38 bits per heavy atom. The molecule has 0 fully saturated rings. The zero-order chi connectivity index (χ0) is 9.84. The highest BCUT2D eigenvalue weighted by Crippen LogP contribution is 2.13. The van der Waals surface area contributed by atoms with E-state index < -0.39 is 4.90 Å². The Morgan fingerprint density at radius 2 is 2.00 bits per heavy atom. The fraction of sp³-hybridized carbons (Fsp3) is 0.125. The van der Waals surface area contributed by atoms with Crippen LogP contribution < -0.4 is 0 Å². The monoisotopic (exact) mass is 244 g/mol. The summed E-state index contributed by atoms with van der Waals surface area (Å²) in [6.45, 7) is 0. The average Bonchev–Trinajstić information content (AvgIpc) is 2.16. The van der Waals surface area contributed by atoms with Gasteiger partial charge in [0.05, 0.1) is 10.9 Å². The molecule has 0 aromatic carbocycles. The second-order valence-corrected chi connectivity index (χ2v) is 2.92. The van der Waals surface area contributed by atoms with Crippen LogP contribution in [0.2, 0.25) is 0 Å². The van der Waals surface area contributed by atoms with E-state index in [0.29, 0.717) is 0 Å². The molecule has 1 N–H and O–H groups in total. The van der Waals surface area contributed by atoms with Crippen LogP contribution in [-0.2, 0) is 0 Å². The van der Waals surface area contributed by atoms with Gasteiger partial charge >= 0.3 is 0 Å². The van der Waals surface area contributed by atoms with Crippen LogP contribution >= 0.6 is 15.9 Å². The maximum absolute atomic E-state index is 10.5. The van der Waals surface area contributed by atoms with Crippen LogP contribution in [0.3, 0.4) is 0 Å². The van der Waals surface area contributed by atoms with E-state index in [2.05, 4.69) is 15.9 Å². The van der Waals surface area contributed by atoms with Gasteiger partial charge in [-0.2, -0.15) is 4.90 Å². The van der Waals surface area contributed by atoms with Crippen LogP contribution in [0.1, 0.15) is 0 Å². The Kier molecular flexibility index (Phi) is 3.13. The summed E-state index contributed by atoms with van der Waals surface area (Å²) in [6, 6.07) is 0. The van der Waals surface area contributed by atoms with Gasteiger partial charge in [-0.3, -0.25) is 0 Å². The quantitative estimate of drug-likeness (QED) is 0.331. The van der Waals surface area contributed by atoms with Gasteiger partial charge in [0.1, 0.15) is 5.76 Å². The number of rotatable bonds is 1. The van der Waals surface area contributed by atoms with E-state index in [1.54, 1.807) is 12.2 Å². The third kappa shape index (κ3) is 2.12. The van der Waals surface area contributed by atoms with Crippen LogP contribution in [0, 0.1) is 10.4 Å². The van der Waals surface area contributed by atoms with Crippen molar-refractivity contribution in [1.29, 1.82) is 0 Å². The van der Waals surface area contributed by atoms with E-state index in [9.17, 15) is 15.5 Å². The normalized spacial score (nSPS) is 19.0. The predicted molar refractivity (Wildman–Crippen MR) is 53.7 cm³/mol. The standard InChI is InChI=1S/C8H7BrNO3/c9-5-8(11)6-3-1-2-4-7(6)10(12)13/h1-4H,5H2,(H-,11,12,13)/q-1. The van der Waals surface area contributed by atoms with Crippen LogP contribution in [-0.4, -0.2) is 21.1 Å². The Balaban J connectivity index is 3.18. The maximum Gasteiger partial charge on any atom is 0.233 e. The fourth-order valence-electron chi connectivity index (χ4n) is 0.949. The lowest BCUT2D eigenvalue weighted by Crippen LogP contribution is -2.13. The van der Waals surface area contributed by atoms with Crippen molar-refractivity contribution in [1.82, 2.24) is 0 Å². The highest BCUT2D eigenvalue weighted by molar-refractivity contribution is 9.09. The molecule has 70 valence electrons. The van der Waals surface area contributed by atoms with Gasteiger partial charge in [0, 0.05) is 6.08 Å². The number of nitrogens with zero attached hydrogens (tertiary/aromatic N) is 1. The summed E-state index contributed by atoms with van der Waals surface area (Å²) in [5.74, 6) is -0.0349. The molecule has 0 aromatic heterocycles. The molecule has 1 aliphatic carbocycles. The van der Waals surface area contributed by atoms with E-state index in [4.69, 9.17) is 0 Å². The van der Waals surface area contributed by atoms with Gasteiger partial charge in [-0.25, -0.2) is 0 Å². The summed E-state index contributed by atoms with van der Waals surface area (Å²) < 4.78 is 0. The molecular formula is C8H7BrNO3-. The summed E-state index contributed by atoms with van der Waals surface area (Å²) in [5, 5.41) is 30.5. The Labute approximate surface area is 83.5 Å². The molecule has 0 saturated carbocycles. The van der Waals surface area contributed by atoms with E-state index in [0.717, 1.165) is 0 Å². The van der Waals surface area contributed by atoms with E-state index in [1.165, 1.54) is 12.2 Å². The van der Waals surface area contributed by atoms with Crippen molar-refractivity contribution in [3.63, 3.8) is 0 Å². The largest absolute Gasteiger partial charge is 0.612 e. The van der Waals surface area contributed by atoms with Crippen molar-refractivity contribution < 1.29 is 10.0 Å². The van der Waals surface area contributed by atoms with Gasteiger partial charge in [0.15, 0.2) is 0 Å². The summed E-state index contributed by atoms with van der Waals surface area (Å²) in [4.78, 5) is -0.520.